The van der Waals surface area contributed by atoms with Crippen molar-refractivity contribution in [3.63, 3.8) is 0 Å². The van der Waals surface area contributed by atoms with Gasteiger partial charge < -0.3 is 10.2 Å². The van der Waals surface area contributed by atoms with Crippen molar-refractivity contribution >= 4 is 5.57 Å². The SMILES string of the molecule is Fc1cc(-c2cccc3c2CC=C3CCN2CCNCC2)ccn1. The van der Waals surface area contributed by atoms with Crippen LogP contribution in [0.4, 0.5) is 4.39 Å². The van der Waals surface area contributed by atoms with Crippen LogP contribution in [0, 0.1) is 5.95 Å². The first-order valence-corrected chi connectivity index (χ1v) is 8.67. The fraction of sp³-hybridized carbons (Fsp3) is 0.350. The van der Waals surface area contributed by atoms with E-state index in [1.807, 2.05) is 6.07 Å². The maximum Gasteiger partial charge on any atom is 0.213 e. The van der Waals surface area contributed by atoms with Crippen LogP contribution in [-0.2, 0) is 6.42 Å². The molecule has 1 N–H and O–H groups in total. The minimum Gasteiger partial charge on any atom is -0.314 e. The average molecular weight is 323 g/mol. The molecule has 24 heavy (non-hydrogen) atoms. The molecule has 0 atom stereocenters. The standard InChI is InChI=1S/C20H22FN3/c21-20-14-16(6-8-23-20)18-3-1-2-17-15(4-5-19(17)18)7-11-24-12-9-22-10-13-24/h1-4,6,8,14,22H,5,7,9-13H2. The van der Waals surface area contributed by atoms with E-state index in [-0.39, 0.29) is 0 Å². The number of halogens is 1. The predicted molar refractivity (Wildman–Crippen MR) is 95.2 cm³/mol. The molecular weight excluding hydrogens is 301 g/mol. The minimum absolute atomic E-state index is 0.421. The van der Waals surface area contributed by atoms with Gasteiger partial charge >= 0.3 is 0 Å². The molecule has 0 radical (unpaired) electrons. The molecule has 4 rings (SSSR count). The molecule has 0 amide bonds. The monoisotopic (exact) mass is 323 g/mol. The zero-order chi connectivity index (χ0) is 16.4. The Labute approximate surface area is 142 Å². The molecule has 2 aromatic rings. The Morgan fingerprint density at radius 3 is 2.79 bits per heavy atom. The number of aromatic nitrogens is 1. The van der Waals surface area contributed by atoms with Crippen LogP contribution >= 0.6 is 0 Å². The van der Waals surface area contributed by atoms with Crippen molar-refractivity contribution in [3.8, 4) is 11.1 Å². The lowest BCUT2D eigenvalue weighted by molar-refractivity contribution is 0.246. The number of allylic oxidation sites excluding steroid dienone is 1. The lowest BCUT2D eigenvalue weighted by Crippen LogP contribution is -2.43. The summed E-state index contributed by atoms with van der Waals surface area (Å²) in [4.78, 5) is 6.19. The molecule has 1 fully saturated rings. The maximum absolute atomic E-state index is 13.5. The van der Waals surface area contributed by atoms with Gasteiger partial charge in [-0.25, -0.2) is 4.98 Å². The van der Waals surface area contributed by atoms with Crippen molar-refractivity contribution in [1.82, 2.24) is 15.2 Å². The summed E-state index contributed by atoms with van der Waals surface area (Å²) in [5.41, 5.74) is 6.12. The van der Waals surface area contributed by atoms with E-state index in [0.29, 0.717) is 0 Å². The summed E-state index contributed by atoms with van der Waals surface area (Å²) >= 11 is 0. The lowest BCUT2D eigenvalue weighted by Gasteiger charge is -2.27. The zero-order valence-corrected chi connectivity index (χ0v) is 13.8. The average Bonchev–Trinajstić information content (AvgIpc) is 3.04. The van der Waals surface area contributed by atoms with Gasteiger partial charge in [-0.3, -0.25) is 0 Å². The molecule has 1 saturated heterocycles. The van der Waals surface area contributed by atoms with E-state index in [4.69, 9.17) is 0 Å². The smallest absolute Gasteiger partial charge is 0.213 e. The Balaban J connectivity index is 1.54. The van der Waals surface area contributed by atoms with Gasteiger partial charge in [-0.05, 0) is 46.7 Å². The summed E-state index contributed by atoms with van der Waals surface area (Å²) in [5.74, 6) is -0.421. The summed E-state index contributed by atoms with van der Waals surface area (Å²) in [6.07, 6.45) is 5.90. The summed E-state index contributed by atoms with van der Waals surface area (Å²) in [6.45, 7) is 5.56. The largest absolute Gasteiger partial charge is 0.314 e. The highest BCUT2D eigenvalue weighted by Crippen LogP contribution is 2.36. The molecular formula is C20H22FN3. The van der Waals surface area contributed by atoms with Gasteiger partial charge in [-0.1, -0.05) is 24.3 Å². The van der Waals surface area contributed by atoms with E-state index < -0.39 is 5.95 Å². The molecule has 4 heteroatoms. The fourth-order valence-electron chi connectivity index (χ4n) is 3.73. The Kier molecular flexibility index (Phi) is 4.41. The van der Waals surface area contributed by atoms with Crippen LogP contribution in [0.25, 0.3) is 16.7 Å². The van der Waals surface area contributed by atoms with Gasteiger partial charge in [-0.2, -0.15) is 4.39 Å². The molecule has 1 aliphatic carbocycles. The fourth-order valence-corrected chi connectivity index (χ4v) is 3.73. The molecule has 0 saturated carbocycles. The van der Waals surface area contributed by atoms with Crippen molar-refractivity contribution in [2.45, 2.75) is 12.8 Å². The highest BCUT2D eigenvalue weighted by atomic mass is 19.1. The number of rotatable bonds is 4. The van der Waals surface area contributed by atoms with E-state index in [9.17, 15) is 4.39 Å². The zero-order valence-electron chi connectivity index (χ0n) is 13.8. The van der Waals surface area contributed by atoms with Crippen LogP contribution in [0.3, 0.4) is 0 Å². The van der Waals surface area contributed by atoms with Crippen molar-refractivity contribution in [3.05, 3.63) is 59.7 Å². The van der Waals surface area contributed by atoms with Gasteiger partial charge in [0.15, 0.2) is 0 Å². The molecule has 1 aromatic carbocycles. The van der Waals surface area contributed by atoms with Crippen molar-refractivity contribution in [2.24, 2.45) is 0 Å². The number of hydrogen-bond donors (Lipinski definition) is 1. The molecule has 2 aliphatic rings. The van der Waals surface area contributed by atoms with Gasteiger partial charge in [-0.15, -0.1) is 0 Å². The molecule has 3 nitrogen and oxygen atoms in total. The molecule has 0 spiro atoms. The van der Waals surface area contributed by atoms with Gasteiger partial charge in [0.2, 0.25) is 5.95 Å². The van der Waals surface area contributed by atoms with Crippen LogP contribution in [0.2, 0.25) is 0 Å². The topological polar surface area (TPSA) is 28.2 Å². The van der Waals surface area contributed by atoms with Gasteiger partial charge in [0.05, 0.1) is 0 Å². The number of piperazine rings is 1. The van der Waals surface area contributed by atoms with Crippen LogP contribution in [0.15, 0.2) is 42.6 Å². The normalized spacial score (nSPS) is 17.6. The summed E-state index contributed by atoms with van der Waals surface area (Å²) in [7, 11) is 0. The number of fused-ring (bicyclic) bond motifs is 1. The highest BCUT2D eigenvalue weighted by molar-refractivity contribution is 5.81. The molecule has 1 aliphatic heterocycles. The number of nitrogens with one attached hydrogen (secondary N) is 1. The minimum atomic E-state index is -0.421. The Morgan fingerprint density at radius 2 is 1.96 bits per heavy atom. The Bertz CT molecular complexity index is 763. The second-order valence-electron chi connectivity index (χ2n) is 6.47. The van der Waals surface area contributed by atoms with Crippen LogP contribution < -0.4 is 5.32 Å². The number of pyridine rings is 1. The van der Waals surface area contributed by atoms with E-state index in [2.05, 4.69) is 39.5 Å². The maximum atomic E-state index is 13.5. The summed E-state index contributed by atoms with van der Waals surface area (Å²) < 4.78 is 13.5. The third-order valence-electron chi connectivity index (χ3n) is 5.02. The van der Waals surface area contributed by atoms with E-state index in [1.165, 1.54) is 29.0 Å². The number of hydrogen-bond acceptors (Lipinski definition) is 3. The second kappa shape index (κ2) is 6.83. The van der Waals surface area contributed by atoms with Crippen LogP contribution in [-0.4, -0.2) is 42.6 Å². The first kappa shape index (κ1) is 15.5. The third-order valence-corrected chi connectivity index (χ3v) is 5.02. The van der Waals surface area contributed by atoms with Gasteiger partial charge in [0, 0.05) is 45.0 Å². The third kappa shape index (κ3) is 3.12. The van der Waals surface area contributed by atoms with E-state index in [0.717, 1.165) is 56.7 Å². The Morgan fingerprint density at radius 1 is 1.12 bits per heavy atom. The summed E-state index contributed by atoms with van der Waals surface area (Å²) in [6, 6.07) is 9.77. The highest BCUT2D eigenvalue weighted by Gasteiger charge is 2.19. The molecule has 0 unspecified atom stereocenters. The van der Waals surface area contributed by atoms with E-state index >= 15 is 0 Å². The quantitative estimate of drug-likeness (QED) is 0.876. The van der Waals surface area contributed by atoms with Crippen molar-refractivity contribution in [2.75, 3.05) is 32.7 Å². The lowest BCUT2D eigenvalue weighted by atomic mass is 9.95. The summed E-state index contributed by atoms with van der Waals surface area (Å²) in [5, 5.41) is 3.40. The van der Waals surface area contributed by atoms with Gasteiger partial charge in [0.25, 0.3) is 0 Å². The molecule has 0 bridgehead atoms. The first-order valence-electron chi connectivity index (χ1n) is 8.67. The number of nitrogens with zero attached hydrogens (tertiary/aromatic N) is 2. The molecule has 2 heterocycles. The van der Waals surface area contributed by atoms with Crippen LogP contribution in [0.5, 0.6) is 0 Å². The van der Waals surface area contributed by atoms with Crippen molar-refractivity contribution < 1.29 is 4.39 Å². The molecule has 124 valence electrons. The predicted octanol–water partition coefficient (Wildman–Crippen LogP) is 3.12. The van der Waals surface area contributed by atoms with Gasteiger partial charge in [0.1, 0.15) is 0 Å². The van der Waals surface area contributed by atoms with Crippen molar-refractivity contribution in [1.29, 1.82) is 0 Å². The van der Waals surface area contributed by atoms with Crippen LogP contribution in [0.1, 0.15) is 17.5 Å². The Hall–Kier alpha value is -2.04. The second-order valence-corrected chi connectivity index (χ2v) is 6.47. The molecule has 1 aromatic heterocycles. The van der Waals surface area contributed by atoms with E-state index in [1.54, 1.807) is 0 Å². The first-order chi connectivity index (χ1) is 11.8. The number of benzene rings is 1.